The predicted molar refractivity (Wildman–Crippen MR) is 112 cm³/mol. The molecule has 5 rings (SSSR count). The number of hydrogen-bond donors (Lipinski definition) is 0. The Labute approximate surface area is 172 Å². The van der Waals surface area contributed by atoms with E-state index in [9.17, 15) is 4.79 Å². The highest BCUT2D eigenvalue weighted by molar-refractivity contribution is 8.01. The topological polar surface area (TPSA) is 55.3 Å². The van der Waals surface area contributed by atoms with Gasteiger partial charge in [0.25, 0.3) is 0 Å². The Bertz CT molecular complexity index is 931. The fourth-order valence-electron chi connectivity index (χ4n) is 4.33. The lowest BCUT2D eigenvalue weighted by atomic mass is 9.99. The number of thiazole rings is 1. The lowest BCUT2D eigenvalue weighted by Crippen LogP contribution is -2.50. The summed E-state index contributed by atoms with van der Waals surface area (Å²) in [4.78, 5) is 24.0. The Hall–Kier alpha value is -2.12. The van der Waals surface area contributed by atoms with Gasteiger partial charge in [0, 0.05) is 37.2 Å². The maximum absolute atomic E-state index is 12.9. The van der Waals surface area contributed by atoms with Crippen LogP contribution in [0.4, 0.5) is 0 Å². The van der Waals surface area contributed by atoms with Crippen LogP contribution in [0.1, 0.15) is 25.7 Å². The van der Waals surface area contributed by atoms with E-state index in [4.69, 9.17) is 4.74 Å². The number of benzene rings is 1. The second-order valence-electron chi connectivity index (χ2n) is 7.30. The van der Waals surface area contributed by atoms with Gasteiger partial charge in [0.15, 0.2) is 4.34 Å². The average Bonchev–Trinajstić information content (AvgIpc) is 3.25. The van der Waals surface area contributed by atoms with Crippen LogP contribution >= 0.6 is 23.1 Å². The molecule has 2 fully saturated rings. The number of piperidine rings is 1. The molecule has 2 saturated heterocycles. The highest BCUT2D eigenvalue weighted by Crippen LogP contribution is 2.38. The first kappa shape index (κ1) is 17.9. The summed E-state index contributed by atoms with van der Waals surface area (Å²) >= 11 is 3.22. The summed E-state index contributed by atoms with van der Waals surface area (Å²) in [7, 11) is 0. The number of amides is 1. The van der Waals surface area contributed by atoms with Crippen molar-refractivity contribution in [3.63, 3.8) is 0 Å². The number of nitrogens with zero attached hydrogens (tertiary/aromatic N) is 3. The zero-order chi connectivity index (χ0) is 18.9. The van der Waals surface area contributed by atoms with Gasteiger partial charge in [0.05, 0.1) is 16.0 Å². The van der Waals surface area contributed by atoms with Gasteiger partial charge >= 0.3 is 0 Å². The summed E-state index contributed by atoms with van der Waals surface area (Å²) in [5, 5.41) is 0. The molecule has 2 aliphatic heterocycles. The van der Waals surface area contributed by atoms with Crippen molar-refractivity contribution in [2.24, 2.45) is 0 Å². The van der Waals surface area contributed by atoms with Crippen LogP contribution in [-0.4, -0.2) is 44.7 Å². The van der Waals surface area contributed by atoms with Crippen LogP contribution < -0.4 is 4.74 Å². The molecule has 2 bridgehead atoms. The lowest BCUT2D eigenvalue weighted by molar-refractivity contribution is -0.134. The molecular formula is C21H21N3O2S2. The zero-order valence-corrected chi connectivity index (χ0v) is 17.0. The van der Waals surface area contributed by atoms with Crippen molar-refractivity contribution < 1.29 is 9.53 Å². The normalized spacial score (nSPS) is 23.9. The van der Waals surface area contributed by atoms with Crippen molar-refractivity contribution in [2.45, 2.75) is 48.2 Å². The minimum absolute atomic E-state index is 0.147. The van der Waals surface area contributed by atoms with Gasteiger partial charge in [-0.25, -0.2) is 9.97 Å². The van der Waals surface area contributed by atoms with Crippen LogP contribution in [0.5, 0.6) is 5.88 Å². The van der Waals surface area contributed by atoms with E-state index < -0.39 is 0 Å². The molecule has 28 heavy (non-hydrogen) atoms. The van der Waals surface area contributed by atoms with Crippen LogP contribution in [0.15, 0.2) is 53.0 Å². The van der Waals surface area contributed by atoms with Gasteiger partial charge < -0.3 is 9.64 Å². The van der Waals surface area contributed by atoms with Crippen molar-refractivity contribution in [1.29, 1.82) is 0 Å². The van der Waals surface area contributed by atoms with E-state index >= 15 is 0 Å². The largest absolute Gasteiger partial charge is 0.474 e. The number of hydrogen-bond acceptors (Lipinski definition) is 6. The van der Waals surface area contributed by atoms with Crippen molar-refractivity contribution in [1.82, 2.24) is 14.9 Å². The monoisotopic (exact) mass is 411 g/mol. The van der Waals surface area contributed by atoms with Gasteiger partial charge in [0.2, 0.25) is 11.8 Å². The number of thioether (sulfide) groups is 1. The molecule has 0 saturated carbocycles. The molecule has 2 aliphatic rings. The fourth-order valence-corrected chi connectivity index (χ4v) is 6.27. The number of para-hydroxylation sites is 1. The van der Waals surface area contributed by atoms with Crippen molar-refractivity contribution >= 4 is 39.2 Å². The summed E-state index contributed by atoms with van der Waals surface area (Å²) in [6.07, 6.45) is 5.83. The number of carbonyl (C=O) groups is 1. The predicted octanol–water partition coefficient (Wildman–Crippen LogP) is 4.38. The number of aromatic nitrogens is 2. The maximum atomic E-state index is 12.9. The highest BCUT2D eigenvalue weighted by atomic mass is 32.2. The Morgan fingerprint density at radius 3 is 2.68 bits per heavy atom. The zero-order valence-electron chi connectivity index (χ0n) is 15.4. The van der Waals surface area contributed by atoms with Crippen LogP contribution in [0, 0.1) is 0 Å². The first-order valence-corrected chi connectivity index (χ1v) is 11.4. The van der Waals surface area contributed by atoms with E-state index in [1.165, 1.54) is 4.70 Å². The number of ether oxygens (including phenoxy) is 1. The number of carbonyl (C=O) groups excluding carboxylic acids is 1. The Kier molecular flexibility index (Phi) is 4.94. The standard InChI is InChI=1S/C21H21N3O2S2/c25-20(13-27-21-23-17-5-1-2-6-18(17)28-21)24-14-8-9-15(24)12-16(11-14)26-19-7-3-4-10-22-19/h1-7,10,14-16H,8-9,11-13H2. The van der Waals surface area contributed by atoms with Crippen molar-refractivity contribution in [3.8, 4) is 5.88 Å². The molecule has 3 aromatic rings. The molecule has 7 heteroatoms. The molecule has 2 atom stereocenters. The van der Waals surface area contributed by atoms with E-state index in [1.807, 2.05) is 36.4 Å². The number of rotatable bonds is 5. The van der Waals surface area contributed by atoms with Gasteiger partial charge in [-0.3, -0.25) is 4.79 Å². The Balaban J connectivity index is 1.20. The van der Waals surface area contributed by atoms with Gasteiger partial charge in [-0.15, -0.1) is 11.3 Å². The Morgan fingerprint density at radius 2 is 1.93 bits per heavy atom. The number of pyridine rings is 1. The SMILES string of the molecule is O=C(CSc1nc2ccccc2s1)N1C2CCC1CC(Oc1ccccn1)C2. The minimum atomic E-state index is 0.147. The molecule has 144 valence electrons. The van der Waals surface area contributed by atoms with Crippen LogP contribution in [-0.2, 0) is 4.79 Å². The summed E-state index contributed by atoms with van der Waals surface area (Å²) in [5.41, 5.74) is 1.01. The van der Waals surface area contributed by atoms with E-state index in [0.29, 0.717) is 11.6 Å². The molecule has 1 amide bonds. The summed E-state index contributed by atoms with van der Waals surface area (Å²) in [6.45, 7) is 0. The molecule has 0 N–H and O–H groups in total. The van der Waals surface area contributed by atoms with E-state index in [-0.39, 0.29) is 24.1 Å². The number of fused-ring (bicyclic) bond motifs is 3. The second-order valence-corrected chi connectivity index (χ2v) is 9.55. The molecule has 1 aromatic carbocycles. The van der Waals surface area contributed by atoms with Crippen LogP contribution in [0.25, 0.3) is 10.2 Å². The summed E-state index contributed by atoms with van der Waals surface area (Å²) in [6, 6.07) is 14.4. The summed E-state index contributed by atoms with van der Waals surface area (Å²) < 4.78 is 8.20. The minimum Gasteiger partial charge on any atom is -0.474 e. The smallest absolute Gasteiger partial charge is 0.233 e. The molecule has 0 radical (unpaired) electrons. The third kappa shape index (κ3) is 3.61. The first-order chi connectivity index (χ1) is 13.8. The summed E-state index contributed by atoms with van der Waals surface area (Å²) in [5.74, 6) is 1.37. The van der Waals surface area contributed by atoms with E-state index in [0.717, 1.165) is 35.5 Å². The molecule has 5 nitrogen and oxygen atoms in total. The quantitative estimate of drug-likeness (QED) is 0.583. The average molecular weight is 412 g/mol. The van der Waals surface area contributed by atoms with Gasteiger partial charge in [-0.2, -0.15) is 0 Å². The Morgan fingerprint density at radius 1 is 1.14 bits per heavy atom. The first-order valence-electron chi connectivity index (χ1n) is 9.63. The molecule has 2 aromatic heterocycles. The van der Waals surface area contributed by atoms with E-state index in [2.05, 4.69) is 20.9 Å². The highest BCUT2D eigenvalue weighted by Gasteiger charge is 2.43. The molecule has 4 heterocycles. The van der Waals surface area contributed by atoms with Crippen molar-refractivity contribution in [3.05, 3.63) is 48.7 Å². The molecular weight excluding hydrogens is 390 g/mol. The second kappa shape index (κ2) is 7.72. The lowest BCUT2D eigenvalue weighted by Gasteiger charge is -2.38. The maximum Gasteiger partial charge on any atom is 0.233 e. The molecule has 2 unspecified atom stereocenters. The molecule has 0 aliphatic carbocycles. The molecule has 0 spiro atoms. The fraction of sp³-hybridized carbons (Fsp3) is 0.381. The van der Waals surface area contributed by atoms with Crippen molar-refractivity contribution in [2.75, 3.05) is 5.75 Å². The van der Waals surface area contributed by atoms with Gasteiger partial charge in [-0.1, -0.05) is 30.0 Å². The third-order valence-electron chi connectivity index (χ3n) is 5.50. The van der Waals surface area contributed by atoms with Crippen LogP contribution in [0.3, 0.4) is 0 Å². The van der Waals surface area contributed by atoms with Gasteiger partial charge in [-0.05, 0) is 31.0 Å². The van der Waals surface area contributed by atoms with E-state index in [1.54, 1.807) is 29.3 Å². The van der Waals surface area contributed by atoms with Crippen LogP contribution in [0.2, 0.25) is 0 Å². The third-order valence-corrected chi connectivity index (χ3v) is 7.66. The van der Waals surface area contributed by atoms with Gasteiger partial charge in [0.1, 0.15) is 6.10 Å².